The molecule has 158 valence electrons. The number of ether oxygens (including phenoxy) is 2. The summed E-state index contributed by atoms with van der Waals surface area (Å²) in [6.07, 6.45) is 1.58. The van der Waals surface area contributed by atoms with Gasteiger partial charge >= 0.3 is 6.03 Å². The van der Waals surface area contributed by atoms with Crippen molar-refractivity contribution in [1.82, 2.24) is 5.32 Å². The number of rotatable bonds is 6. The normalized spacial score (nSPS) is 14.2. The molecule has 0 bridgehead atoms. The first-order chi connectivity index (χ1) is 15.6. The van der Waals surface area contributed by atoms with Crippen LogP contribution in [0, 0.1) is 11.3 Å². The number of amides is 3. The van der Waals surface area contributed by atoms with Crippen LogP contribution in [0.1, 0.15) is 16.7 Å². The zero-order valence-corrected chi connectivity index (χ0v) is 17.2. The number of anilines is 1. The molecule has 7 nitrogen and oxygen atoms in total. The molecule has 32 heavy (non-hydrogen) atoms. The zero-order chi connectivity index (χ0) is 22.5. The van der Waals surface area contributed by atoms with Gasteiger partial charge in [0.15, 0.2) is 11.5 Å². The number of hydrogen-bond acceptors (Lipinski definition) is 5. The highest BCUT2D eigenvalue weighted by atomic mass is 16.5. The van der Waals surface area contributed by atoms with E-state index in [-0.39, 0.29) is 12.3 Å². The second-order valence-corrected chi connectivity index (χ2v) is 6.93. The number of imide groups is 1. The fraction of sp³-hybridized carbons (Fsp3) is 0.0800. The molecule has 1 heterocycles. The summed E-state index contributed by atoms with van der Waals surface area (Å²) in [5.41, 5.74) is 2.63. The van der Waals surface area contributed by atoms with E-state index in [9.17, 15) is 14.9 Å². The van der Waals surface area contributed by atoms with Gasteiger partial charge in [-0.1, -0.05) is 42.5 Å². The Bertz CT molecular complexity index is 1250. The molecule has 1 fully saturated rings. The third-order valence-corrected chi connectivity index (χ3v) is 4.91. The molecule has 0 atom stereocenters. The van der Waals surface area contributed by atoms with E-state index in [0.717, 1.165) is 10.5 Å². The van der Waals surface area contributed by atoms with Crippen molar-refractivity contribution in [3.05, 3.63) is 95.2 Å². The van der Waals surface area contributed by atoms with Crippen LogP contribution in [0.3, 0.4) is 0 Å². The summed E-state index contributed by atoms with van der Waals surface area (Å²) < 4.78 is 11.3. The summed E-state index contributed by atoms with van der Waals surface area (Å²) in [6, 6.07) is 22.8. The molecule has 3 aromatic rings. The highest BCUT2D eigenvalue weighted by Crippen LogP contribution is 2.30. The van der Waals surface area contributed by atoms with Gasteiger partial charge in [-0.05, 0) is 42.0 Å². The number of methoxy groups -OCH3 is 1. The summed E-state index contributed by atoms with van der Waals surface area (Å²) in [6.45, 7) is 0.209. The SMILES string of the molecule is COc1cc(/C=C2/NC(=O)N(c3ccccc3)C2=O)ccc1OCc1ccccc1C#N. The third-order valence-electron chi connectivity index (χ3n) is 4.91. The predicted octanol–water partition coefficient (Wildman–Crippen LogP) is 4.24. The van der Waals surface area contributed by atoms with Crippen molar-refractivity contribution in [2.75, 3.05) is 12.0 Å². The van der Waals surface area contributed by atoms with Gasteiger partial charge in [-0.25, -0.2) is 9.69 Å². The maximum absolute atomic E-state index is 12.8. The number of hydrogen-bond donors (Lipinski definition) is 1. The molecule has 1 aliphatic heterocycles. The Labute approximate surface area is 185 Å². The van der Waals surface area contributed by atoms with Crippen LogP contribution in [0.15, 0.2) is 78.5 Å². The fourth-order valence-corrected chi connectivity index (χ4v) is 3.32. The van der Waals surface area contributed by atoms with Crippen LogP contribution in [0.25, 0.3) is 6.08 Å². The highest BCUT2D eigenvalue weighted by molar-refractivity contribution is 6.28. The number of nitrogens with one attached hydrogen (secondary N) is 1. The molecule has 0 aliphatic carbocycles. The van der Waals surface area contributed by atoms with Gasteiger partial charge in [0, 0.05) is 5.56 Å². The first-order valence-electron chi connectivity index (χ1n) is 9.81. The van der Waals surface area contributed by atoms with E-state index < -0.39 is 11.9 Å². The fourth-order valence-electron chi connectivity index (χ4n) is 3.32. The van der Waals surface area contributed by atoms with Crippen LogP contribution in [-0.4, -0.2) is 19.0 Å². The van der Waals surface area contributed by atoms with E-state index in [1.165, 1.54) is 7.11 Å². The van der Waals surface area contributed by atoms with Crippen molar-refractivity contribution < 1.29 is 19.1 Å². The van der Waals surface area contributed by atoms with E-state index in [4.69, 9.17) is 9.47 Å². The lowest BCUT2D eigenvalue weighted by Crippen LogP contribution is -2.30. The van der Waals surface area contributed by atoms with Crippen molar-refractivity contribution in [1.29, 1.82) is 5.26 Å². The minimum atomic E-state index is -0.504. The average molecular weight is 425 g/mol. The Morgan fingerprint density at radius 2 is 1.75 bits per heavy atom. The van der Waals surface area contributed by atoms with Gasteiger partial charge in [0.1, 0.15) is 12.3 Å². The summed E-state index contributed by atoms with van der Waals surface area (Å²) in [5, 5.41) is 11.8. The first kappa shape index (κ1) is 20.7. The molecule has 0 unspecified atom stereocenters. The molecule has 1 aliphatic rings. The van der Waals surface area contributed by atoms with Crippen molar-refractivity contribution >= 4 is 23.7 Å². The largest absolute Gasteiger partial charge is 0.493 e. The molecule has 4 rings (SSSR count). The second-order valence-electron chi connectivity index (χ2n) is 6.93. The topological polar surface area (TPSA) is 91.7 Å². The second kappa shape index (κ2) is 9.06. The molecule has 3 amide bonds. The minimum absolute atomic E-state index is 0.164. The molecule has 0 spiro atoms. The number of carbonyl (C=O) groups excluding carboxylic acids is 2. The van der Waals surface area contributed by atoms with Gasteiger partial charge in [-0.15, -0.1) is 0 Å². The van der Waals surface area contributed by atoms with Crippen LogP contribution in [0.2, 0.25) is 0 Å². The van der Waals surface area contributed by atoms with Crippen molar-refractivity contribution in [3.8, 4) is 17.6 Å². The number of para-hydroxylation sites is 1. The molecule has 7 heteroatoms. The molecule has 0 aromatic heterocycles. The van der Waals surface area contributed by atoms with Gasteiger partial charge in [0.05, 0.1) is 24.4 Å². The van der Waals surface area contributed by atoms with Crippen molar-refractivity contribution in [2.24, 2.45) is 0 Å². The summed E-state index contributed by atoms with van der Waals surface area (Å²) in [4.78, 5) is 26.2. The smallest absolute Gasteiger partial charge is 0.333 e. The summed E-state index contributed by atoms with van der Waals surface area (Å²) >= 11 is 0. The Balaban J connectivity index is 1.54. The van der Waals surface area contributed by atoms with E-state index in [1.54, 1.807) is 60.7 Å². The molecule has 0 radical (unpaired) electrons. The highest BCUT2D eigenvalue weighted by Gasteiger charge is 2.34. The van der Waals surface area contributed by atoms with E-state index in [1.807, 2.05) is 18.2 Å². The van der Waals surface area contributed by atoms with Gasteiger partial charge in [-0.2, -0.15) is 5.26 Å². The van der Waals surface area contributed by atoms with E-state index in [0.29, 0.717) is 28.3 Å². The van der Waals surface area contributed by atoms with Crippen LogP contribution in [0.5, 0.6) is 11.5 Å². The zero-order valence-electron chi connectivity index (χ0n) is 17.2. The van der Waals surface area contributed by atoms with Crippen LogP contribution < -0.4 is 19.7 Å². The Morgan fingerprint density at radius 1 is 1.00 bits per heavy atom. The van der Waals surface area contributed by atoms with Crippen molar-refractivity contribution in [2.45, 2.75) is 6.61 Å². The summed E-state index contributed by atoms with van der Waals surface area (Å²) in [5.74, 6) is 0.522. The lowest BCUT2D eigenvalue weighted by molar-refractivity contribution is -0.113. The van der Waals surface area contributed by atoms with Crippen LogP contribution in [-0.2, 0) is 11.4 Å². The van der Waals surface area contributed by atoms with E-state index in [2.05, 4.69) is 11.4 Å². The molecular weight excluding hydrogens is 406 g/mol. The Morgan fingerprint density at radius 3 is 2.50 bits per heavy atom. The number of nitriles is 1. The molecule has 1 saturated heterocycles. The third kappa shape index (κ3) is 4.16. The maximum Gasteiger partial charge on any atom is 0.333 e. The molecular formula is C25H19N3O4. The maximum atomic E-state index is 12.8. The number of urea groups is 1. The van der Waals surface area contributed by atoms with Crippen molar-refractivity contribution in [3.63, 3.8) is 0 Å². The summed E-state index contributed by atoms with van der Waals surface area (Å²) in [7, 11) is 1.52. The monoisotopic (exact) mass is 425 g/mol. The Hall–Kier alpha value is -4.57. The lowest BCUT2D eigenvalue weighted by atomic mass is 10.1. The van der Waals surface area contributed by atoms with Gasteiger partial charge < -0.3 is 14.8 Å². The lowest BCUT2D eigenvalue weighted by Gasteiger charge is -2.12. The van der Waals surface area contributed by atoms with E-state index >= 15 is 0 Å². The van der Waals surface area contributed by atoms with Gasteiger partial charge in [-0.3, -0.25) is 4.79 Å². The first-order valence-corrected chi connectivity index (χ1v) is 9.81. The minimum Gasteiger partial charge on any atom is -0.493 e. The predicted molar refractivity (Wildman–Crippen MR) is 119 cm³/mol. The van der Waals surface area contributed by atoms with Gasteiger partial charge in [0.2, 0.25) is 0 Å². The number of carbonyl (C=O) groups is 2. The van der Waals surface area contributed by atoms with Crippen LogP contribution >= 0.6 is 0 Å². The number of nitrogens with zero attached hydrogens (tertiary/aromatic N) is 2. The molecule has 3 aromatic carbocycles. The quantitative estimate of drug-likeness (QED) is 0.471. The van der Waals surface area contributed by atoms with Gasteiger partial charge in [0.25, 0.3) is 5.91 Å². The average Bonchev–Trinajstić information content (AvgIpc) is 3.11. The number of benzene rings is 3. The Kier molecular flexibility index (Phi) is 5.86. The molecule has 0 saturated carbocycles. The van der Waals surface area contributed by atoms with Crippen LogP contribution in [0.4, 0.5) is 10.5 Å². The molecule has 1 N–H and O–H groups in total. The standard InChI is InChI=1S/C25H19N3O4/c1-31-23-14-17(11-12-22(23)32-16-19-8-6-5-7-18(19)15-26)13-21-24(29)28(25(30)27-21)20-9-3-2-4-10-20/h2-14H,16H2,1H3,(H,27,30)/b21-13+.